The first-order valence-corrected chi connectivity index (χ1v) is 6.47. The summed E-state index contributed by atoms with van der Waals surface area (Å²) in [6.07, 6.45) is 3.00. The number of benzene rings is 1. The highest BCUT2D eigenvalue weighted by molar-refractivity contribution is 7.80. The van der Waals surface area contributed by atoms with Gasteiger partial charge in [-0.3, -0.25) is 0 Å². The van der Waals surface area contributed by atoms with Crippen LogP contribution in [-0.2, 0) is 6.42 Å². The summed E-state index contributed by atoms with van der Waals surface area (Å²) < 4.78 is 5.66. The van der Waals surface area contributed by atoms with Crippen LogP contribution in [0.4, 0.5) is 0 Å². The number of nitrogens with two attached hydrogens (primary N) is 1. The van der Waals surface area contributed by atoms with Crippen LogP contribution < -0.4 is 10.5 Å². The van der Waals surface area contributed by atoms with Gasteiger partial charge in [-0.15, -0.1) is 0 Å². The molecule has 1 unspecified atom stereocenters. The minimum atomic E-state index is 0.189. The summed E-state index contributed by atoms with van der Waals surface area (Å²) in [6.45, 7) is 2.87. The van der Waals surface area contributed by atoms with Gasteiger partial charge in [-0.2, -0.15) is 12.6 Å². The minimum absolute atomic E-state index is 0.189. The number of hydrogen-bond acceptors (Lipinski definition) is 3. The van der Waals surface area contributed by atoms with Crippen molar-refractivity contribution in [1.82, 2.24) is 0 Å². The van der Waals surface area contributed by atoms with Crippen molar-refractivity contribution in [2.75, 3.05) is 12.4 Å². The first-order valence-electron chi connectivity index (χ1n) is 5.84. The molecule has 0 aliphatic rings. The second kappa shape index (κ2) is 7.58. The highest BCUT2D eigenvalue weighted by Gasteiger charge is 2.00. The standard InChI is InChI=1S/C13H21NOS/c1-2-11-5-3-7-13(9-11)15-8-4-6-12(14)10-16/h3,5,7,9,12,16H,2,4,6,8,10,14H2,1H3. The predicted molar refractivity (Wildman–Crippen MR) is 72.4 cm³/mol. The van der Waals surface area contributed by atoms with Crippen LogP contribution in [0.5, 0.6) is 5.75 Å². The number of thiol groups is 1. The zero-order valence-electron chi connectivity index (χ0n) is 9.86. The minimum Gasteiger partial charge on any atom is -0.494 e. The van der Waals surface area contributed by atoms with E-state index in [1.807, 2.05) is 12.1 Å². The fourth-order valence-electron chi connectivity index (χ4n) is 1.48. The van der Waals surface area contributed by atoms with E-state index in [-0.39, 0.29) is 6.04 Å². The van der Waals surface area contributed by atoms with Crippen LogP contribution in [0.25, 0.3) is 0 Å². The molecule has 0 aliphatic heterocycles. The lowest BCUT2D eigenvalue weighted by Crippen LogP contribution is -2.22. The molecule has 90 valence electrons. The first-order chi connectivity index (χ1) is 7.76. The van der Waals surface area contributed by atoms with E-state index in [0.717, 1.165) is 37.4 Å². The molecule has 1 rings (SSSR count). The summed E-state index contributed by atoms with van der Waals surface area (Å²) >= 11 is 4.15. The molecule has 0 aliphatic carbocycles. The molecule has 0 saturated carbocycles. The van der Waals surface area contributed by atoms with Crippen LogP contribution in [0.1, 0.15) is 25.3 Å². The second-order valence-electron chi connectivity index (χ2n) is 3.93. The van der Waals surface area contributed by atoms with E-state index < -0.39 is 0 Å². The van der Waals surface area contributed by atoms with Crippen molar-refractivity contribution in [3.63, 3.8) is 0 Å². The second-order valence-corrected chi connectivity index (χ2v) is 4.30. The van der Waals surface area contributed by atoms with Gasteiger partial charge in [-0.1, -0.05) is 19.1 Å². The number of ether oxygens (including phenoxy) is 1. The zero-order valence-corrected chi connectivity index (χ0v) is 10.7. The summed E-state index contributed by atoms with van der Waals surface area (Å²) in [6, 6.07) is 8.43. The Bertz CT molecular complexity index is 304. The maximum Gasteiger partial charge on any atom is 0.119 e. The molecule has 2 N–H and O–H groups in total. The quantitative estimate of drug-likeness (QED) is 0.567. The molecular weight excluding hydrogens is 218 g/mol. The lowest BCUT2D eigenvalue weighted by Gasteiger charge is -2.10. The summed E-state index contributed by atoms with van der Waals surface area (Å²) in [5, 5.41) is 0. The Balaban J connectivity index is 2.26. The van der Waals surface area contributed by atoms with Crippen molar-refractivity contribution in [3.05, 3.63) is 29.8 Å². The average molecular weight is 239 g/mol. The molecule has 0 saturated heterocycles. The summed E-state index contributed by atoms with van der Waals surface area (Å²) in [7, 11) is 0. The molecule has 0 spiro atoms. The molecule has 3 heteroatoms. The van der Waals surface area contributed by atoms with Crippen molar-refractivity contribution in [2.45, 2.75) is 32.2 Å². The van der Waals surface area contributed by atoms with Gasteiger partial charge in [-0.05, 0) is 37.0 Å². The summed E-state index contributed by atoms with van der Waals surface area (Å²) in [5.41, 5.74) is 7.08. The molecule has 1 aromatic rings. The average Bonchev–Trinajstić information content (AvgIpc) is 2.34. The highest BCUT2D eigenvalue weighted by Crippen LogP contribution is 2.14. The van der Waals surface area contributed by atoms with Gasteiger partial charge in [0.05, 0.1) is 6.61 Å². The van der Waals surface area contributed by atoms with E-state index in [1.54, 1.807) is 0 Å². The van der Waals surface area contributed by atoms with Gasteiger partial charge in [0, 0.05) is 11.8 Å². The van der Waals surface area contributed by atoms with E-state index in [4.69, 9.17) is 10.5 Å². The van der Waals surface area contributed by atoms with E-state index >= 15 is 0 Å². The Hall–Kier alpha value is -0.670. The molecule has 16 heavy (non-hydrogen) atoms. The molecule has 1 aromatic carbocycles. The lowest BCUT2D eigenvalue weighted by atomic mass is 10.1. The number of rotatable bonds is 7. The largest absolute Gasteiger partial charge is 0.494 e. The SMILES string of the molecule is CCc1cccc(OCCCC(N)CS)c1. The molecule has 0 aromatic heterocycles. The number of aryl methyl sites for hydroxylation is 1. The normalized spacial score (nSPS) is 12.4. The third-order valence-electron chi connectivity index (χ3n) is 2.53. The van der Waals surface area contributed by atoms with E-state index in [0.29, 0.717) is 0 Å². The molecular formula is C13H21NOS. The van der Waals surface area contributed by atoms with Crippen molar-refractivity contribution < 1.29 is 4.74 Å². The topological polar surface area (TPSA) is 35.2 Å². The summed E-state index contributed by atoms with van der Waals surface area (Å²) in [4.78, 5) is 0. The predicted octanol–water partition coefficient (Wildman–Crippen LogP) is 2.67. The van der Waals surface area contributed by atoms with Crippen LogP contribution >= 0.6 is 12.6 Å². The lowest BCUT2D eigenvalue weighted by molar-refractivity contribution is 0.303. The van der Waals surface area contributed by atoms with Gasteiger partial charge in [0.25, 0.3) is 0 Å². The molecule has 2 nitrogen and oxygen atoms in total. The smallest absolute Gasteiger partial charge is 0.119 e. The highest BCUT2D eigenvalue weighted by atomic mass is 32.1. The Morgan fingerprint density at radius 2 is 2.25 bits per heavy atom. The van der Waals surface area contributed by atoms with Crippen LogP contribution in [-0.4, -0.2) is 18.4 Å². The van der Waals surface area contributed by atoms with E-state index in [9.17, 15) is 0 Å². The van der Waals surface area contributed by atoms with Crippen molar-refractivity contribution in [1.29, 1.82) is 0 Å². The van der Waals surface area contributed by atoms with Gasteiger partial charge >= 0.3 is 0 Å². The third kappa shape index (κ3) is 4.90. The van der Waals surface area contributed by atoms with Gasteiger partial charge in [-0.25, -0.2) is 0 Å². The van der Waals surface area contributed by atoms with Crippen LogP contribution in [0.2, 0.25) is 0 Å². The Morgan fingerprint density at radius 1 is 1.44 bits per heavy atom. The van der Waals surface area contributed by atoms with Gasteiger partial charge in [0.1, 0.15) is 5.75 Å². The fourth-order valence-corrected chi connectivity index (χ4v) is 1.66. The van der Waals surface area contributed by atoms with E-state index in [1.165, 1.54) is 5.56 Å². The monoisotopic (exact) mass is 239 g/mol. The molecule has 1 atom stereocenters. The first kappa shape index (κ1) is 13.4. The van der Waals surface area contributed by atoms with Crippen molar-refractivity contribution >= 4 is 12.6 Å². The van der Waals surface area contributed by atoms with Gasteiger partial charge in [0.2, 0.25) is 0 Å². The zero-order chi connectivity index (χ0) is 11.8. The van der Waals surface area contributed by atoms with Crippen molar-refractivity contribution in [2.24, 2.45) is 5.73 Å². The maximum atomic E-state index is 5.77. The Labute approximate surface area is 104 Å². The molecule has 0 heterocycles. The third-order valence-corrected chi connectivity index (χ3v) is 3.00. The van der Waals surface area contributed by atoms with Crippen LogP contribution in [0, 0.1) is 0 Å². The van der Waals surface area contributed by atoms with Crippen molar-refractivity contribution in [3.8, 4) is 5.75 Å². The number of hydrogen-bond donors (Lipinski definition) is 2. The van der Waals surface area contributed by atoms with E-state index in [2.05, 4.69) is 31.7 Å². The van der Waals surface area contributed by atoms with Crippen LogP contribution in [0.15, 0.2) is 24.3 Å². The van der Waals surface area contributed by atoms with Crippen LogP contribution in [0.3, 0.4) is 0 Å². The molecule has 0 radical (unpaired) electrons. The van der Waals surface area contributed by atoms with Gasteiger partial charge < -0.3 is 10.5 Å². The molecule has 0 amide bonds. The molecule has 0 bridgehead atoms. The summed E-state index contributed by atoms with van der Waals surface area (Å²) in [5.74, 6) is 1.70. The fraction of sp³-hybridized carbons (Fsp3) is 0.538. The Morgan fingerprint density at radius 3 is 2.94 bits per heavy atom. The Kier molecular flexibility index (Phi) is 6.34. The maximum absolute atomic E-state index is 5.77. The van der Waals surface area contributed by atoms with Gasteiger partial charge in [0.15, 0.2) is 0 Å². The molecule has 0 fully saturated rings.